The number of urea groups is 1. The first kappa shape index (κ1) is 20.5. The number of carbonyl (C=O) groups excluding carboxylic acids is 2. The van der Waals surface area contributed by atoms with Gasteiger partial charge < -0.3 is 15.4 Å². The summed E-state index contributed by atoms with van der Waals surface area (Å²) in [5.74, 6) is -0.432. The zero-order valence-corrected chi connectivity index (χ0v) is 17.6. The predicted molar refractivity (Wildman–Crippen MR) is 122 cm³/mol. The Kier molecular flexibility index (Phi) is 5.89. The topological polar surface area (TPSA) is 70.7 Å². The van der Waals surface area contributed by atoms with E-state index in [4.69, 9.17) is 4.74 Å². The van der Waals surface area contributed by atoms with Crippen LogP contribution < -0.4 is 10.6 Å². The molecule has 1 heterocycles. The first-order chi connectivity index (χ1) is 15.1. The van der Waals surface area contributed by atoms with Crippen LogP contribution in [0.4, 0.5) is 10.5 Å². The van der Waals surface area contributed by atoms with Crippen molar-refractivity contribution >= 4 is 28.5 Å². The molecular formula is C25H25N3O3. The zero-order valence-electron chi connectivity index (χ0n) is 17.6. The summed E-state index contributed by atoms with van der Waals surface area (Å²) in [7, 11) is 1.66. The Balaban J connectivity index is 1.75. The fraction of sp³-hybridized carbons (Fsp3) is 0.200. The highest BCUT2D eigenvalue weighted by molar-refractivity contribution is 5.96. The van der Waals surface area contributed by atoms with E-state index in [1.54, 1.807) is 14.0 Å². The average molecular weight is 415 g/mol. The third kappa shape index (κ3) is 4.10. The maximum atomic E-state index is 13.0. The second-order valence-electron chi connectivity index (χ2n) is 7.31. The molecule has 0 saturated carbocycles. The lowest BCUT2D eigenvalue weighted by Gasteiger charge is -2.35. The Hall–Kier alpha value is -3.80. The molecule has 1 aliphatic rings. The molecule has 6 nitrogen and oxygen atoms in total. The van der Waals surface area contributed by atoms with E-state index in [1.165, 1.54) is 4.90 Å². The minimum Gasteiger partial charge on any atom is -0.463 e. The molecule has 2 amide bonds. The van der Waals surface area contributed by atoms with Crippen LogP contribution in [-0.2, 0) is 9.53 Å². The van der Waals surface area contributed by atoms with Gasteiger partial charge in [0.05, 0.1) is 30.5 Å². The fourth-order valence-electron chi connectivity index (χ4n) is 3.87. The van der Waals surface area contributed by atoms with Crippen LogP contribution >= 0.6 is 0 Å². The van der Waals surface area contributed by atoms with Gasteiger partial charge in [0, 0.05) is 18.1 Å². The molecule has 6 heteroatoms. The van der Waals surface area contributed by atoms with Crippen LogP contribution in [-0.4, -0.2) is 37.1 Å². The number of nitrogens with one attached hydrogen (secondary N) is 2. The molecule has 0 spiro atoms. The highest BCUT2D eigenvalue weighted by atomic mass is 16.5. The average Bonchev–Trinajstić information content (AvgIpc) is 2.80. The molecule has 2 N–H and O–H groups in total. The van der Waals surface area contributed by atoms with Gasteiger partial charge in [0.25, 0.3) is 0 Å². The van der Waals surface area contributed by atoms with Crippen molar-refractivity contribution in [3.63, 3.8) is 0 Å². The Morgan fingerprint density at radius 2 is 1.74 bits per heavy atom. The molecular weight excluding hydrogens is 390 g/mol. The van der Waals surface area contributed by atoms with Gasteiger partial charge in [-0.3, -0.25) is 4.90 Å². The lowest BCUT2D eigenvalue weighted by Crippen LogP contribution is -2.48. The van der Waals surface area contributed by atoms with Crippen molar-refractivity contribution in [2.45, 2.75) is 13.0 Å². The molecule has 0 unspecified atom stereocenters. The lowest BCUT2D eigenvalue weighted by molar-refractivity contribution is -0.139. The van der Waals surface area contributed by atoms with Gasteiger partial charge in [-0.25, -0.2) is 9.59 Å². The van der Waals surface area contributed by atoms with Crippen LogP contribution in [0.25, 0.3) is 10.8 Å². The van der Waals surface area contributed by atoms with Gasteiger partial charge in [0.2, 0.25) is 0 Å². The van der Waals surface area contributed by atoms with Crippen molar-refractivity contribution in [2.24, 2.45) is 0 Å². The molecule has 0 saturated heterocycles. The maximum Gasteiger partial charge on any atom is 0.338 e. The molecule has 3 aromatic carbocycles. The van der Waals surface area contributed by atoms with Gasteiger partial charge in [-0.1, -0.05) is 66.7 Å². The molecule has 0 fully saturated rings. The summed E-state index contributed by atoms with van der Waals surface area (Å²) >= 11 is 0. The maximum absolute atomic E-state index is 13.0. The number of nitrogens with zero attached hydrogens (tertiary/aromatic N) is 1. The summed E-state index contributed by atoms with van der Waals surface area (Å²) in [4.78, 5) is 27.2. The van der Waals surface area contributed by atoms with Crippen LogP contribution in [0.3, 0.4) is 0 Å². The highest BCUT2D eigenvalue weighted by Gasteiger charge is 2.36. The largest absolute Gasteiger partial charge is 0.463 e. The molecule has 1 aliphatic heterocycles. The molecule has 0 bridgehead atoms. The minimum absolute atomic E-state index is 0.255. The number of anilines is 1. The second-order valence-corrected chi connectivity index (χ2v) is 7.31. The molecule has 0 aliphatic carbocycles. The minimum atomic E-state index is -0.576. The van der Waals surface area contributed by atoms with Crippen LogP contribution in [0.1, 0.15) is 18.5 Å². The summed E-state index contributed by atoms with van der Waals surface area (Å²) in [6.45, 7) is 2.33. The van der Waals surface area contributed by atoms with E-state index < -0.39 is 12.0 Å². The van der Waals surface area contributed by atoms with Crippen LogP contribution in [0.15, 0.2) is 84.1 Å². The monoisotopic (exact) mass is 415 g/mol. The van der Waals surface area contributed by atoms with Crippen molar-refractivity contribution in [1.29, 1.82) is 0 Å². The summed E-state index contributed by atoms with van der Waals surface area (Å²) in [5.41, 5.74) is 2.78. The number of fused-ring (bicyclic) bond motifs is 1. The molecule has 31 heavy (non-hydrogen) atoms. The predicted octanol–water partition coefficient (Wildman–Crippen LogP) is 4.47. The summed E-state index contributed by atoms with van der Waals surface area (Å²) in [6, 6.07) is 22.7. The van der Waals surface area contributed by atoms with Crippen molar-refractivity contribution in [3.05, 3.63) is 89.6 Å². The Bertz CT molecular complexity index is 1140. The molecule has 158 valence electrons. The van der Waals surface area contributed by atoms with Gasteiger partial charge in [-0.2, -0.15) is 0 Å². The number of hydrogen-bond acceptors (Lipinski definition) is 4. The number of amides is 2. The summed E-state index contributed by atoms with van der Waals surface area (Å²) in [6.07, 6.45) is 0. The van der Waals surface area contributed by atoms with Crippen molar-refractivity contribution in [2.75, 3.05) is 25.5 Å². The first-order valence-electron chi connectivity index (χ1n) is 10.3. The molecule has 0 aromatic heterocycles. The van der Waals surface area contributed by atoms with Crippen molar-refractivity contribution in [1.82, 2.24) is 10.2 Å². The number of benzene rings is 3. The van der Waals surface area contributed by atoms with Gasteiger partial charge in [0.15, 0.2) is 0 Å². The van der Waals surface area contributed by atoms with Crippen LogP contribution in [0.2, 0.25) is 0 Å². The van der Waals surface area contributed by atoms with E-state index in [9.17, 15) is 9.59 Å². The smallest absolute Gasteiger partial charge is 0.338 e. The van der Waals surface area contributed by atoms with E-state index in [-0.39, 0.29) is 12.6 Å². The Labute approximate surface area is 181 Å². The third-order valence-electron chi connectivity index (χ3n) is 5.44. The normalized spacial score (nSPS) is 16.3. The molecule has 4 rings (SSSR count). The van der Waals surface area contributed by atoms with E-state index in [1.807, 2.05) is 60.7 Å². The number of esters is 1. The Morgan fingerprint density at radius 1 is 1.03 bits per heavy atom. The van der Waals surface area contributed by atoms with Gasteiger partial charge >= 0.3 is 12.0 Å². The summed E-state index contributed by atoms with van der Waals surface area (Å²) < 4.78 is 5.37. The van der Waals surface area contributed by atoms with Crippen molar-refractivity contribution < 1.29 is 14.3 Å². The molecule has 3 aromatic rings. The zero-order chi connectivity index (χ0) is 21.8. The fourth-order valence-corrected chi connectivity index (χ4v) is 3.87. The molecule has 1 atom stereocenters. The van der Waals surface area contributed by atoms with E-state index in [2.05, 4.69) is 22.8 Å². The molecule has 0 radical (unpaired) electrons. The number of likely N-dealkylation sites (N-methyl/N-ethyl adjacent to an activating group) is 1. The van der Waals surface area contributed by atoms with E-state index in [0.29, 0.717) is 17.8 Å². The first-order valence-corrected chi connectivity index (χ1v) is 10.3. The van der Waals surface area contributed by atoms with Gasteiger partial charge in [-0.15, -0.1) is 0 Å². The lowest BCUT2D eigenvalue weighted by atomic mass is 9.94. The van der Waals surface area contributed by atoms with Crippen molar-refractivity contribution in [3.8, 4) is 0 Å². The van der Waals surface area contributed by atoms with Gasteiger partial charge in [-0.05, 0) is 23.9 Å². The Morgan fingerprint density at radius 3 is 2.52 bits per heavy atom. The van der Waals surface area contributed by atoms with Crippen LogP contribution in [0.5, 0.6) is 0 Å². The van der Waals surface area contributed by atoms with E-state index in [0.717, 1.165) is 22.0 Å². The number of carbonyl (C=O) groups is 2. The summed E-state index contributed by atoms with van der Waals surface area (Å²) in [5, 5.41) is 8.54. The number of hydrogen-bond donors (Lipinski definition) is 2. The number of ether oxygens (including phenoxy) is 1. The van der Waals surface area contributed by atoms with E-state index >= 15 is 0 Å². The standard InChI is InChI=1S/C25H25N3O3/c1-3-31-24(29)22-21(16-26-20-15-9-13-17-10-7-8-14-19(17)20)28(2)25(30)27-23(22)18-11-5-4-6-12-18/h4-15,23,26H,3,16H2,1-2H3,(H,27,30)/t23-/m0/s1. The highest BCUT2D eigenvalue weighted by Crippen LogP contribution is 2.31. The van der Waals surface area contributed by atoms with Gasteiger partial charge in [0.1, 0.15) is 0 Å². The quantitative estimate of drug-likeness (QED) is 0.583. The number of rotatable bonds is 6. The van der Waals surface area contributed by atoms with Crippen LogP contribution in [0, 0.1) is 0 Å². The third-order valence-corrected chi connectivity index (χ3v) is 5.44. The second kappa shape index (κ2) is 8.92. The SMILES string of the molecule is CCOC(=O)C1=C(CNc2cccc3ccccc23)N(C)C(=O)N[C@H]1c1ccccc1.